The lowest BCUT2D eigenvalue weighted by atomic mass is 9.78. The van der Waals surface area contributed by atoms with E-state index in [2.05, 4.69) is 24.3 Å². The second kappa shape index (κ2) is 6.75. The highest BCUT2D eigenvalue weighted by Crippen LogP contribution is 2.42. The maximum atomic E-state index is 12.2. The van der Waals surface area contributed by atoms with Crippen molar-refractivity contribution in [3.8, 4) is 0 Å². The minimum absolute atomic E-state index is 0.0757. The molecule has 0 amide bonds. The summed E-state index contributed by atoms with van der Waals surface area (Å²) in [7, 11) is 0. The third kappa shape index (κ3) is 3.04. The van der Waals surface area contributed by atoms with Crippen molar-refractivity contribution in [3.05, 3.63) is 47.5 Å². The number of fused-ring (bicyclic) bond motifs is 1. The van der Waals surface area contributed by atoms with Crippen molar-refractivity contribution in [2.24, 2.45) is 11.8 Å². The molecule has 4 heteroatoms. The highest BCUT2D eigenvalue weighted by molar-refractivity contribution is 5.97. The highest BCUT2D eigenvalue weighted by atomic mass is 16.6. The van der Waals surface area contributed by atoms with E-state index < -0.39 is 17.9 Å². The number of carbonyl (C=O) groups is 2. The topological polar surface area (TPSA) is 52.6 Å². The Bertz CT molecular complexity index is 693. The average Bonchev–Trinajstić information content (AvgIpc) is 2.92. The maximum absolute atomic E-state index is 12.2. The molecule has 1 aliphatic heterocycles. The minimum atomic E-state index is -0.476. The number of ether oxygens (including phenoxy) is 2. The number of benzene rings is 1. The van der Waals surface area contributed by atoms with E-state index in [-0.39, 0.29) is 18.1 Å². The third-order valence-electron chi connectivity index (χ3n) is 5.93. The molecule has 4 rings (SSSR count). The Balaban J connectivity index is 1.58. The van der Waals surface area contributed by atoms with Crippen molar-refractivity contribution in [2.45, 2.75) is 57.2 Å². The first-order valence-electron chi connectivity index (χ1n) is 9.27. The smallest absolute Gasteiger partial charge is 0.320 e. The fraction of sp³-hybridized carbons (Fsp3) is 0.524. The van der Waals surface area contributed by atoms with Crippen LogP contribution >= 0.6 is 0 Å². The molecule has 0 unspecified atom stereocenters. The lowest BCUT2D eigenvalue weighted by molar-refractivity contribution is -0.155. The summed E-state index contributed by atoms with van der Waals surface area (Å²) in [6, 6.07) is 10.5. The molecule has 4 nitrogen and oxygen atoms in total. The van der Waals surface area contributed by atoms with Gasteiger partial charge >= 0.3 is 11.9 Å². The molecule has 2 fully saturated rings. The van der Waals surface area contributed by atoms with Gasteiger partial charge in [0, 0.05) is 5.92 Å². The van der Waals surface area contributed by atoms with Gasteiger partial charge in [-0.15, -0.1) is 0 Å². The quantitative estimate of drug-likeness (QED) is 0.477. The van der Waals surface area contributed by atoms with Crippen LogP contribution in [0.1, 0.15) is 50.5 Å². The Labute approximate surface area is 148 Å². The summed E-state index contributed by atoms with van der Waals surface area (Å²) < 4.78 is 11.4. The molecule has 1 heterocycles. The number of hydrogen-bond donors (Lipinski definition) is 0. The van der Waals surface area contributed by atoms with E-state index >= 15 is 0 Å². The van der Waals surface area contributed by atoms with Crippen molar-refractivity contribution in [2.75, 3.05) is 0 Å². The SMILES string of the molecule is CC1=CC[C@H]2C(=O)OC(=O)[C@H]2[C@H]1O[C@@H]1CCCC[C@H]1c1ccccc1. The zero-order valence-corrected chi connectivity index (χ0v) is 14.5. The van der Waals surface area contributed by atoms with E-state index in [1.165, 1.54) is 12.0 Å². The molecule has 2 aliphatic carbocycles. The number of allylic oxidation sites excluding steroid dienone is 1. The van der Waals surface area contributed by atoms with E-state index in [1.807, 2.05) is 19.1 Å². The van der Waals surface area contributed by atoms with Crippen LogP contribution in [0.25, 0.3) is 0 Å². The van der Waals surface area contributed by atoms with E-state index in [1.54, 1.807) is 0 Å². The predicted octanol–water partition coefficient (Wildman–Crippen LogP) is 3.76. The summed E-state index contributed by atoms with van der Waals surface area (Å²) in [4.78, 5) is 24.1. The first-order valence-corrected chi connectivity index (χ1v) is 9.27. The molecule has 0 bridgehead atoms. The van der Waals surface area contributed by atoms with Gasteiger partial charge in [0.1, 0.15) is 5.92 Å². The first-order chi connectivity index (χ1) is 12.1. The molecule has 0 radical (unpaired) electrons. The van der Waals surface area contributed by atoms with Crippen molar-refractivity contribution in [1.29, 1.82) is 0 Å². The molecule has 132 valence electrons. The molecular weight excluding hydrogens is 316 g/mol. The molecule has 1 saturated carbocycles. The number of rotatable bonds is 3. The number of cyclic esters (lactones) is 2. The largest absolute Gasteiger partial charge is 0.393 e. The molecule has 0 aromatic heterocycles. The second-order valence-electron chi connectivity index (χ2n) is 7.45. The lowest BCUT2D eigenvalue weighted by Crippen LogP contribution is -2.41. The van der Waals surface area contributed by atoms with Gasteiger partial charge in [0.25, 0.3) is 0 Å². The van der Waals surface area contributed by atoms with Crippen LogP contribution in [0.4, 0.5) is 0 Å². The maximum Gasteiger partial charge on any atom is 0.320 e. The van der Waals surface area contributed by atoms with Crippen molar-refractivity contribution < 1.29 is 19.1 Å². The van der Waals surface area contributed by atoms with Gasteiger partial charge in [0.05, 0.1) is 18.1 Å². The van der Waals surface area contributed by atoms with Gasteiger partial charge in [-0.3, -0.25) is 9.59 Å². The number of hydrogen-bond acceptors (Lipinski definition) is 4. The first kappa shape index (κ1) is 16.5. The van der Waals surface area contributed by atoms with Gasteiger partial charge in [0.15, 0.2) is 0 Å². The van der Waals surface area contributed by atoms with Gasteiger partial charge in [0.2, 0.25) is 0 Å². The van der Waals surface area contributed by atoms with Crippen LogP contribution in [0.3, 0.4) is 0 Å². The van der Waals surface area contributed by atoms with Crippen LogP contribution < -0.4 is 0 Å². The van der Waals surface area contributed by atoms with Crippen LogP contribution in [-0.4, -0.2) is 24.1 Å². The molecule has 0 spiro atoms. The number of esters is 2. The standard InChI is InChI=1S/C21H24O4/c1-13-11-12-16-18(21(23)25-20(16)22)19(13)24-17-10-6-5-9-15(17)14-7-3-2-4-8-14/h2-4,7-8,11,15-19H,5-6,9-10,12H2,1H3/t15-,16+,17+,18+,19-/m0/s1. The van der Waals surface area contributed by atoms with Crippen LogP contribution in [0.2, 0.25) is 0 Å². The van der Waals surface area contributed by atoms with Gasteiger partial charge in [-0.25, -0.2) is 0 Å². The molecule has 1 aromatic carbocycles. The minimum Gasteiger partial charge on any atom is -0.393 e. The Morgan fingerprint density at radius 1 is 1.00 bits per heavy atom. The Hall–Kier alpha value is -1.94. The molecule has 1 aromatic rings. The normalized spacial score (nSPS) is 35.1. The third-order valence-corrected chi connectivity index (χ3v) is 5.93. The summed E-state index contributed by atoms with van der Waals surface area (Å²) >= 11 is 0. The Morgan fingerprint density at radius 3 is 2.56 bits per heavy atom. The van der Waals surface area contributed by atoms with Crippen molar-refractivity contribution in [1.82, 2.24) is 0 Å². The average molecular weight is 340 g/mol. The monoisotopic (exact) mass is 340 g/mol. The van der Waals surface area contributed by atoms with Crippen LogP contribution in [0.15, 0.2) is 42.0 Å². The fourth-order valence-corrected chi connectivity index (χ4v) is 4.56. The van der Waals surface area contributed by atoms with Crippen LogP contribution in [-0.2, 0) is 19.1 Å². The van der Waals surface area contributed by atoms with Crippen LogP contribution in [0.5, 0.6) is 0 Å². The fourth-order valence-electron chi connectivity index (χ4n) is 4.56. The van der Waals surface area contributed by atoms with Gasteiger partial charge in [-0.05, 0) is 37.3 Å². The number of carbonyl (C=O) groups excluding carboxylic acids is 2. The van der Waals surface area contributed by atoms with Crippen LogP contribution in [0, 0.1) is 11.8 Å². The summed E-state index contributed by atoms with van der Waals surface area (Å²) in [5, 5.41) is 0. The summed E-state index contributed by atoms with van der Waals surface area (Å²) in [6.45, 7) is 2.00. The molecule has 0 N–H and O–H groups in total. The van der Waals surface area contributed by atoms with E-state index in [0.717, 1.165) is 24.8 Å². The Morgan fingerprint density at radius 2 is 1.76 bits per heavy atom. The highest BCUT2D eigenvalue weighted by Gasteiger charge is 2.51. The predicted molar refractivity (Wildman–Crippen MR) is 92.8 cm³/mol. The molecule has 3 aliphatic rings. The Kier molecular flexibility index (Phi) is 4.46. The van der Waals surface area contributed by atoms with Crippen molar-refractivity contribution in [3.63, 3.8) is 0 Å². The summed E-state index contributed by atoms with van der Waals surface area (Å²) in [6.07, 6.45) is 6.77. The van der Waals surface area contributed by atoms with E-state index in [0.29, 0.717) is 12.3 Å². The van der Waals surface area contributed by atoms with E-state index in [9.17, 15) is 9.59 Å². The van der Waals surface area contributed by atoms with Gasteiger partial charge in [-0.2, -0.15) is 0 Å². The second-order valence-corrected chi connectivity index (χ2v) is 7.45. The zero-order valence-electron chi connectivity index (χ0n) is 14.5. The zero-order chi connectivity index (χ0) is 17.4. The van der Waals surface area contributed by atoms with Gasteiger partial charge in [-0.1, -0.05) is 49.2 Å². The molecular formula is C21H24O4. The summed E-state index contributed by atoms with van der Waals surface area (Å²) in [5.41, 5.74) is 2.34. The summed E-state index contributed by atoms with van der Waals surface area (Å²) in [5.74, 6) is -1.32. The van der Waals surface area contributed by atoms with Crippen molar-refractivity contribution >= 4 is 11.9 Å². The molecule has 25 heavy (non-hydrogen) atoms. The van der Waals surface area contributed by atoms with Gasteiger partial charge < -0.3 is 9.47 Å². The molecule has 1 saturated heterocycles. The lowest BCUT2D eigenvalue weighted by Gasteiger charge is -2.38. The van der Waals surface area contributed by atoms with E-state index in [4.69, 9.17) is 9.47 Å². The molecule has 5 atom stereocenters.